The number of rotatable bonds is 4. The van der Waals surface area contributed by atoms with Crippen molar-refractivity contribution < 1.29 is 8.42 Å². The molecule has 0 saturated carbocycles. The molecule has 3 rings (SSSR count). The molecule has 24 heavy (non-hydrogen) atoms. The SMILES string of the molecule is Cc1ccccc1[C@@H]1CCCN1S(=O)(=O)c1ccc(C(C)C)cc1. The molecule has 0 N–H and O–H groups in total. The zero-order chi connectivity index (χ0) is 17.3. The Morgan fingerprint density at radius 3 is 2.33 bits per heavy atom. The minimum absolute atomic E-state index is 0.0547. The molecule has 0 aliphatic carbocycles. The lowest BCUT2D eigenvalue weighted by Crippen LogP contribution is -2.31. The summed E-state index contributed by atoms with van der Waals surface area (Å²) in [5.74, 6) is 0.397. The van der Waals surface area contributed by atoms with E-state index < -0.39 is 10.0 Å². The van der Waals surface area contributed by atoms with Crippen molar-refractivity contribution in [3.05, 3.63) is 65.2 Å². The van der Waals surface area contributed by atoms with Crippen LogP contribution in [-0.2, 0) is 10.0 Å². The molecule has 1 fully saturated rings. The molecular weight excluding hydrogens is 318 g/mol. The first-order valence-electron chi connectivity index (χ1n) is 8.58. The highest BCUT2D eigenvalue weighted by Gasteiger charge is 2.36. The van der Waals surface area contributed by atoms with Crippen LogP contribution in [0.15, 0.2) is 53.4 Å². The summed E-state index contributed by atoms with van der Waals surface area (Å²) in [5.41, 5.74) is 3.43. The second-order valence-corrected chi connectivity index (χ2v) is 8.74. The van der Waals surface area contributed by atoms with Gasteiger partial charge in [-0.1, -0.05) is 50.2 Å². The second-order valence-electron chi connectivity index (χ2n) is 6.85. The number of aryl methyl sites for hydroxylation is 1. The molecule has 0 unspecified atom stereocenters. The number of nitrogens with zero attached hydrogens (tertiary/aromatic N) is 1. The largest absolute Gasteiger partial charge is 0.243 e. The Hall–Kier alpha value is -1.65. The monoisotopic (exact) mass is 343 g/mol. The minimum atomic E-state index is -3.46. The van der Waals surface area contributed by atoms with Gasteiger partial charge in [-0.25, -0.2) is 8.42 Å². The first-order valence-corrected chi connectivity index (χ1v) is 10.0. The summed E-state index contributed by atoms with van der Waals surface area (Å²) in [5, 5.41) is 0. The van der Waals surface area contributed by atoms with Crippen molar-refractivity contribution in [3.63, 3.8) is 0 Å². The van der Waals surface area contributed by atoms with E-state index >= 15 is 0 Å². The molecule has 0 aromatic heterocycles. The topological polar surface area (TPSA) is 37.4 Å². The normalized spacial score (nSPS) is 19.1. The second kappa shape index (κ2) is 6.69. The minimum Gasteiger partial charge on any atom is -0.207 e. The van der Waals surface area contributed by atoms with E-state index in [0.717, 1.165) is 29.5 Å². The molecule has 2 aromatic carbocycles. The van der Waals surface area contributed by atoms with Crippen molar-refractivity contribution in [1.82, 2.24) is 4.31 Å². The standard InChI is InChI=1S/C20H25NO2S/c1-15(2)17-10-12-18(13-11-17)24(22,23)21-14-6-9-20(21)19-8-5-4-7-16(19)3/h4-5,7-8,10-13,15,20H,6,9,14H2,1-3H3/t20-/m0/s1. The summed E-state index contributed by atoms with van der Waals surface area (Å²) in [6.45, 7) is 6.86. The summed E-state index contributed by atoms with van der Waals surface area (Å²) in [6.07, 6.45) is 1.79. The smallest absolute Gasteiger partial charge is 0.207 e. The molecular formula is C20H25NO2S. The van der Waals surface area contributed by atoms with Gasteiger partial charge in [0.2, 0.25) is 10.0 Å². The van der Waals surface area contributed by atoms with E-state index in [1.807, 2.05) is 24.3 Å². The van der Waals surface area contributed by atoms with Gasteiger partial charge in [0.25, 0.3) is 0 Å². The Bertz CT molecular complexity index is 810. The van der Waals surface area contributed by atoms with E-state index in [4.69, 9.17) is 0 Å². The third-order valence-corrected chi connectivity index (χ3v) is 6.83. The highest BCUT2D eigenvalue weighted by molar-refractivity contribution is 7.89. The Kier molecular flexibility index (Phi) is 4.79. The number of hydrogen-bond acceptors (Lipinski definition) is 2. The van der Waals surface area contributed by atoms with Gasteiger partial charge in [-0.05, 0) is 54.5 Å². The lowest BCUT2D eigenvalue weighted by molar-refractivity contribution is 0.395. The van der Waals surface area contributed by atoms with Gasteiger partial charge in [0.1, 0.15) is 0 Å². The molecule has 4 heteroatoms. The van der Waals surface area contributed by atoms with E-state index in [-0.39, 0.29) is 6.04 Å². The Morgan fingerprint density at radius 1 is 1.04 bits per heavy atom. The van der Waals surface area contributed by atoms with Gasteiger partial charge >= 0.3 is 0 Å². The zero-order valence-electron chi connectivity index (χ0n) is 14.6. The number of benzene rings is 2. The van der Waals surface area contributed by atoms with E-state index in [9.17, 15) is 8.42 Å². The highest BCUT2D eigenvalue weighted by atomic mass is 32.2. The lowest BCUT2D eigenvalue weighted by Gasteiger charge is -2.25. The average molecular weight is 343 g/mol. The van der Waals surface area contributed by atoms with Gasteiger partial charge in [-0.3, -0.25) is 0 Å². The van der Waals surface area contributed by atoms with Gasteiger partial charge < -0.3 is 0 Å². The molecule has 0 radical (unpaired) electrons. The van der Waals surface area contributed by atoms with E-state index in [2.05, 4.69) is 32.9 Å². The molecule has 2 aromatic rings. The van der Waals surface area contributed by atoms with Crippen LogP contribution in [0.5, 0.6) is 0 Å². The molecule has 1 atom stereocenters. The van der Waals surface area contributed by atoms with Crippen molar-refractivity contribution in [1.29, 1.82) is 0 Å². The van der Waals surface area contributed by atoms with Crippen LogP contribution in [0, 0.1) is 6.92 Å². The summed E-state index contributed by atoms with van der Waals surface area (Å²) in [7, 11) is -3.46. The molecule has 1 aliphatic heterocycles. The van der Waals surface area contributed by atoms with Gasteiger partial charge in [0, 0.05) is 6.54 Å². The van der Waals surface area contributed by atoms with E-state index in [0.29, 0.717) is 17.4 Å². The Balaban J connectivity index is 1.95. The molecule has 3 nitrogen and oxygen atoms in total. The van der Waals surface area contributed by atoms with Gasteiger partial charge in [-0.2, -0.15) is 4.31 Å². The van der Waals surface area contributed by atoms with Crippen molar-refractivity contribution in [3.8, 4) is 0 Å². The van der Waals surface area contributed by atoms with E-state index in [1.165, 1.54) is 0 Å². The molecule has 0 bridgehead atoms. The summed E-state index contributed by atoms with van der Waals surface area (Å²) in [4.78, 5) is 0.396. The molecule has 0 amide bonds. The lowest BCUT2D eigenvalue weighted by atomic mass is 10.0. The van der Waals surface area contributed by atoms with Crippen LogP contribution in [0.25, 0.3) is 0 Å². The summed E-state index contributed by atoms with van der Waals surface area (Å²) in [6, 6.07) is 15.4. The number of hydrogen-bond donors (Lipinski definition) is 0. The quantitative estimate of drug-likeness (QED) is 0.811. The predicted octanol–water partition coefficient (Wildman–Crippen LogP) is 4.64. The maximum atomic E-state index is 13.1. The number of sulfonamides is 1. The first kappa shape index (κ1) is 17.2. The van der Waals surface area contributed by atoms with Gasteiger partial charge in [0.15, 0.2) is 0 Å². The van der Waals surface area contributed by atoms with Crippen LogP contribution in [0.4, 0.5) is 0 Å². The zero-order valence-corrected chi connectivity index (χ0v) is 15.4. The van der Waals surface area contributed by atoms with Crippen molar-refractivity contribution in [2.45, 2.75) is 50.5 Å². The van der Waals surface area contributed by atoms with Crippen molar-refractivity contribution in [2.75, 3.05) is 6.54 Å². The van der Waals surface area contributed by atoms with Crippen molar-refractivity contribution in [2.24, 2.45) is 0 Å². The predicted molar refractivity (Wildman–Crippen MR) is 97.6 cm³/mol. The maximum Gasteiger partial charge on any atom is 0.243 e. The maximum absolute atomic E-state index is 13.1. The summed E-state index contributed by atoms with van der Waals surface area (Å²) >= 11 is 0. The molecule has 1 saturated heterocycles. The van der Waals surface area contributed by atoms with Crippen LogP contribution in [0.2, 0.25) is 0 Å². The fourth-order valence-electron chi connectivity index (χ4n) is 3.46. The van der Waals surface area contributed by atoms with Gasteiger partial charge in [0.05, 0.1) is 10.9 Å². The molecule has 1 heterocycles. The van der Waals surface area contributed by atoms with Crippen LogP contribution < -0.4 is 0 Å². The third kappa shape index (κ3) is 3.13. The van der Waals surface area contributed by atoms with Crippen LogP contribution in [0.3, 0.4) is 0 Å². The summed E-state index contributed by atoms with van der Waals surface area (Å²) < 4.78 is 28.0. The fraction of sp³-hybridized carbons (Fsp3) is 0.400. The van der Waals surface area contributed by atoms with Crippen LogP contribution >= 0.6 is 0 Å². The van der Waals surface area contributed by atoms with Crippen LogP contribution in [-0.4, -0.2) is 19.3 Å². The molecule has 128 valence electrons. The van der Waals surface area contributed by atoms with Gasteiger partial charge in [-0.15, -0.1) is 0 Å². The Labute approximate surface area is 145 Å². The average Bonchev–Trinajstić information content (AvgIpc) is 3.05. The third-order valence-electron chi connectivity index (χ3n) is 4.90. The molecule has 0 spiro atoms. The first-order chi connectivity index (χ1) is 11.4. The molecule has 1 aliphatic rings. The Morgan fingerprint density at radius 2 is 1.71 bits per heavy atom. The fourth-order valence-corrected chi connectivity index (χ4v) is 5.13. The van der Waals surface area contributed by atoms with Crippen molar-refractivity contribution >= 4 is 10.0 Å². The van der Waals surface area contributed by atoms with Crippen LogP contribution in [0.1, 0.15) is 55.3 Å². The van der Waals surface area contributed by atoms with E-state index in [1.54, 1.807) is 16.4 Å². The highest BCUT2D eigenvalue weighted by Crippen LogP contribution is 2.37.